The van der Waals surface area contributed by atoms with Crippen molar-refractivity contribution in [3.05, 3.63) is 59.4 Å². The fourth-order valence-corrected chi connectivity index (χ4v) is 2.05. The Labute approximate surface area is 118 Å². The van der Waals surface area contributed by atoms with Crippen LogP contribution in [-0.2, 0) is 0 Å². The summed E-state index contributed by atoms with van der Waals surface area (Å²) >= 11 is 1.49. The number of carbonyl (C=O) groups excluding carboxylic acids is 1. The van der Waals surface area contributed by atoms with Gasteiger partial charge in [-0.2, -0.15) is 0 Å². The van der Waals surface area contributed by atoms with Crippen molar-refractivity contribution in [1.82, 2.24) is 0 Å². The zero-order chi connectivity index (χ0) is 14.7. The lowest BCUT2D eigenvalue weighted by Crippen LogP contribution is -2.13. The number of hydrogen-bond acceptors (Lipinski definition) is 2. The lowest BCUT2D eigenvalue weighted by atomic mass is 10.2. The average Bonchev–Trinajstić information content (AvgIpc) is 2.44. The normalized spacial score (nSPS) is 10.4. The zero-order valence-corrected chi connectivity index (χ0v) is 11.2. The third kappa shape index (κ3) is 3.14. The molecule has 20 heavy (non-hydrogen) atoms. The standard InChI is InChI=1S/C14H10F3NOS/c1-20-10-4-2-3-9(7-10)18-14(19)8-5-11(15)13(17)12(16)6-8/h2-7H,1H3,(H,18,19). The van der Waals surface area contributed by atoms with Crippen molar-refractivity contribution in [2.75, 3.05) is 11.6 Å². The topological polar surface area (TPSA) is 29.1 Å². The van der Waals surface area contributed by atoms with E-state index in [1.807, 2.05) is 12.3 Å². The number of nitrogens with one attached hydrogen (secondary N) is 1. The highest BCUT2D eigenvalue weighted by Crippen LogP contribution is 2.20. The number of halogens is 3. The minimum Gasteiger partial charge on any atom is -0.322 e. The van der Waals surface area contributed by atoms with Crippen LogP contribution in [0.25, 0.3) is 0 Å². The molecule has 2 aromatic carbocycles. The molecule has 0 bridgehead atoms. The molecular formula is C14H10F3NOS. The van der Waals surface area contributed by atoms with Crippen molar-refractivity contribution in [2.45, 2.75) is 4.90 Å². The number of benzene rings is 2. The molecule has 1 amide bonds. The van der Waals surface area contributed by atoms with Crippen LogP contribution in [0.3, 0.4) is 0 Å². The van der Waals surface area contributed by atoms with E-state index in [-0.39, 0.29) is 5.56 Å². The molecule has 0 saturated carbocycles. The van der Waals surface area contributed by atoms with Crippen LogP contribution < -0.4 is 5.32 Å². The summed E-state index contributed by atoms with van der Waals surface area (Å²) in [5.41, 5.74) is 0.211. The van der Waals surface area contributed by atoms with Gasteiger partial charge in [0.1, 0.15) is 0 Å². The Bertz CT molecular complexity index is 638. The molecule has 0 radical (unpaired) electrons. The summed E-state index contributed by atoms with van der Waals surface area (Å²) < 4.78 is 38.9. The molecule has 0 unspecified atom stereocenters. The predicted octanol–water partition coefficient (Wildman–Crippen LogP) is 4.08. The minimum absolute atomic E-state index is 0.282. The van der Waals surface area contributed by atoms with Gasteiger partial charge in [-0.05, 0) is 36.6 Å². The van der Waals surface area contributed by atoms with Gasteiger partial charge in [0, 0.05) is 16.1 Å². The van der Waals surface area contributed by atoms with E-state index in [9.17, 15) is 18.0 Å². The summed E-state index contributed by atoms with van der Waals surface area (Å²) in [6.07, 6.45) is 1.88. The van der Waals surface area contributed by atoms with Gasteiger partial charge in [0.25, 0.3) is 5.91 Å². The molecule has 0 aromatic heterocycles. The smallest absolute Gasteiger partial charge is 0.255 e. The van der Waals surface area contributed by atoms with Gasteiger partial charge >= 0.3 is 0 Å². The van der Waals surface area contributed by atoms with Gasteiger partial charge < -0.3 is 5.32 Å². The predicted molar refractivity (Wildman–Crippen MR) is 72.5 cm³/mol. The van der Waals surface area contributed by atoms with E-state index in [0.717, 1.165) is 4.90 Å². The molecule has 0 fully saturated rings. The lowest BCUT2D eigenvalue weighted by molar-refractivity contribution is 0.102. The largest absolute Gasteiger partial charge is 0.322 e. The first-order valence-corrected chi connectivity index (χ1v) is 6.83. The average molecular weight is 297 g/mol. The summed E-state index contributed by atoms with van der Waals surface area (Å²) in [5, 5.41) is 2.50. The van der Waals surface area contributed by atoms with E-state index in [0.29, 0.717) is 17.8 Å². The highest BCUT2D eigenvalue weighted by Gasteiger charge is 2.15. The van der Waals surface area contributed by atoms with Gasteiger partial charge in [-0.3, -0.25) is 4.79 Å². The third-order valence-corrected chi connectivity index (χ3v) is 3.30. The molecule has 0 aliphatic carbocycles. The first-order chi connectivity index (χ1) is 9.51. The van der Waals surface area contributed by atoms with Gasteiger partial charge in [-0.1, -0.05) is 6.07 Å². The van der Waals surface area contributed by atoms with Crippen molar-refractivity contribution in [2.24, 2.45) is 0 Å². The van der Waals surface area contributed by atoms with Gasteiger partial charge in [-0.25, -0.2) is 13.2 Å². The molecule has 104 valence electrons. The second-order valence-electron chi connectivity index (χ2n) is 3.94. The number of thioether (sulfide) groups is 1. The number of amides is 1. The Morgan fingerprint density at radius 2 is 1.75 bits per heavy atom. The first kappa shape index (κ1) is 14.5. The molecule has 0 aliphatic rings. The number of carbonyl (C=O) groups is 1. The SMILES string of the molecule is CSc1cccc(NC(=O)c2cc(F)c(F)c(F)c2)c1. The minimum atomic E-state index is -1.59. The molecule has 1 N–H and O–H groups in total. The summed E-state index contributed by atoms with van der Waals surface area (Å²) in [5.74, 6) is -5.09. The van der Waals surface area contributed by atoms with Gasteiger partial charge in [0.05, 0.1) is 0 Å². The Morgan fingerprint density at radius 3 is 2.35 bits per heavy atom. The fourth-order valence-electron chi connectivity index (χ4n) is 1.59. The van der Waals surface area contributed by atoms with Crippen molar-refractivity contribution in [3.63, 3.8) is 0 Å². The van der Waals surface area contributed by atoms with Crippen molar-refractivity contribution in [3.8, 4) is 0 Å². The third-order valence-electron chi connectivity index (χ3n) is 2.57. The van der Waals surface area contributed by atoms with Crippen LogP contribution in [0.5, 0.6) is 0 Å². The quantitative estimate of drug-likeness (QED) is 0.683. The molecule has 0 saturated heterocycles. The molecular weight excluding hydrogens is 287 g/mol. The van der Waals surface area contributed by atoms with Crippen molar-refractivity contribution >= 4 is 23.4 Å². The first-order valence-electron chi connectivity index (χ1n) is 5.61. The van der Waals surface area contributed by atoms with E-state index >= 15 is 0 Å². The maximum Gasteiger partial charge on any atom is 0.255 e. The van der Waals surface area contributed by atoms with Gasteiger partial charge in [0.2, 0.25) is 0 Å². The second-order valence-corrected chi connectivity index (χ2v) is 4.82. The summed E-state index contributed by atoms with van der Waals surface area (Å²) in [7, 11) is 0. The van der Waals surface area contributed by atoms with E-state index in [4.69, 9.17) is 0 Å². The zero-order valence-electron chi connectivity index (χ0n) is 10.4. The van der Waals surface area contributed by atoms with Crippen LogP contribution in [0.15, 0.2) is 41.3 Å². The molecule has 0 spiro atoms. The van der Waals surface area contributed by atoms with Crippen LogP contribution in [0.4, 0.5) is 18.9 Å². The van der Waals surface area contributed by atoms with Crippen LogP contribution in [0, 0.1) is 17.5 Å². The lowest BCUT2D eigenvalue weighted by Gasteiger charge is -2.07. The van der Waals surface area contributed by atoms with E-state index in [1.54, 1.807) is 18.2 Å². The Balaban J connectivity index is 2.23. The Kier molecular flexibility index (Phi) is 4.34. The van der Waals surface area contributed by atoms with E-state index < -0.39 is 23.4 Å². The summed E-state index contributed by atoms with van der Waals surface area (Å²) in [4.78, 5) is 12.8. The van der Waals surface area contributed by atoms with Crippen molar-refractivity contribution < 1.29 is 18.0 Å². The number of hydrogen-bond donors (Lipinski definition) is 1. The maximum atomic E-state index is 13.1. The molecule has 2 nitrogen and oxygen atoms in total. The molecule has 0 aliphatic heterocycles. The number of rotatable bonds is 3. The summed E-state index contributed by atoms with van der Waals surface area (Å²) in [6, 6.07) is 8.29. The Hall–Kier alpha value is -1.95. The molecule has 2 rings (SSSR count). The van der Waals surface area contributed by atoms with E-state index in [2.05, 4.69) is 5.32 Å². The van der Waals surface area contributed by atoms with E-state index in [1.165, 1.54) is 11.8 Å². The monoisotopic (exact) mass is 297 g/mol. The highest BCUT2D eigenvalue weighted by molar-refractivity contribution is 7.98. The second kappa shape index (κ2) is 6.00. The van der Waals surface area contributed by atoms with Crippen LogP contribution in [0.1, 0.15) is 10.4 Å². The van der Waals surface area contributed by atoms with Crippen molar-refractivity contribution in [1.29, 1.82) is 0 Å². The number of anilines is 1. The van der Waals surface area contributed by atoms with Gasteiger partial charge in [0.15, 0.2) is 17.5 Å². The molecule has 6 heteroatoms. The highest BCUT2D eigenvalue weighted by atomic mass is 32.2. The Morgan fingerprint density at radius 1 is 1.10 bits per heavy atom. The van der Waals surface area contributed by atoms with Crippen LogP contribution in [0.2, 0.25) is 0 Å². The molecule has 2 aromatic rings. The van der Waals surface area contributed by atoms with Crippen LogP contribution >= 0.6 is 11.8 Å². The fraction of sp³-hybridized carbons (Fsp3) is 0.0714. The van der Waals surface area contributed by atoms with Crippen LogP contribution in [-0.4, -0.2) is 12.2 Å². The molecule has 0 heterocycles. The maximum absolute atomic E-state index is 13.1. The molecule has 0 atom stereocenters. The van der Waals surface area contributed by atoms with Gasteiger partial charge in [-0.15, -0.1) is 11.8 Å². The summed E-state index contributed by atoms with van der Waals surface area (Å²) in [6.45, 7) is 0.